The average molecular weight is 558 g/mol. The summed E-state index contributed by atoms with van der Waals surface area (Å²) in [6.45, 7) is 4.86. The number of hydrogen-bond acceptors (Lipinski definition) is 4. The molecule has 2 aromatic rings. The van der Waals surface area contributed by atoms with E-state index < -0.39 is 51.6 Å². The number of rotatable bonds is 4. The second-order valence-corrected chi connectivity index (χ2v) is 11.1. The molecule has 0 saturated carbocycles. The Morgan fingerprint density at radius 2 is 1.54 bits per heavy atom. The van der Waals surface area contributed by atoms with Crippen LogP contribution in [-0.2, 0) is 15.1 Å². The summed E-state index contributed by atoms with van der Waals surface area (Å²) in [5.74, 6) is -2.47. The van der Waals surface area contributed by atoms with Crippen LogP contribution in [-0.4, -0.2) is 47.1 Å². The summed E-state index contributed by atoms with van der Waals surface area (Å²) in [6, 6.07) is 6.68. The highest BCUT2D eigenvalue weighted by atomic mass is 32.2. The van der Waals surface area contributed by atoms with E-state index in [1.807, 2.05) is 0 Å². The number of halogens is 8. The van der Waals surface area contributed by atoms with Crippen LogP contribution in [0.2, 0.25) is 0 Å². The Labute approximate surface area is 211 Å². The topological polar surface area (TPSA) is 49.8 Å². The molecular weight excluding hydrogens is 534 g/mol. The molecule has 0 aromatic heterocycles. The fourth-order valence-electron chi connectivity index (χ4n) is 3.93. The maximum Gasteiger partial charge on any atom is 0.430 e. The lowest BCUT2D eigenvalue weighted by molar-refractivity contribution is -0.377. The first kappa shape index (κ1) is 29.0. The zero-order valence-electron chi connectivity index (χ0n) is 19.8. The van der Waals surface area contributed by atoms with Gasteiger partial charge in [-0.05, 0) is 63.1 Å². The third-order valence-corrected chi connectivity index (χ3v) is 7.18. The Hall–Kier alpha value is -2.54. The number of amides is 1. The van der Waals surface area contributed by atoms with E-state index in [2.05, 4.69) is 0 Å². The lowest BCUT2D eigenvalue weighted by Crippen LogP contribution is -2.54. The van der Waals surface area contributed by atoms with Crippen molar-refractivity contribution in [1.82, 2.24) is 4.90 Å². The number of carbonyl (C=O) groups is 1. The molecule has 13 heteroatoms. The Balaban J connectivity index is 2.07. The van der Waals surface area contributed by atoms with Gasteiger partial charge in [0, 0.05) is 23.5 Å². The predicted molar refractivity (Wildman–Crippen MR) is 119 cm³/mol. The summed E-state index contributed by atoms with van der Waals surface area (Å²) < 4.78 is 112. The van der Waals surface area contributed by atoms with E-state index in [9.17, 15) is 45.0 Å². The van der Waals surface area contributed by atoms with Gasteiger partial charge in [0.2, 0.25) is 0 Å². The number of hydrogen-bond donors (Lipinski definition) is 1. The number of thioether (sulfide) groups is 1. The van der Waals surface area contributed by atoms with Gasteiger partial charge in [0.1, 0.15) is 17.2 Å². The van der Waals surface area contributed by atoms with Gasteiger partial charge >= 0.3 is 18.4 Å². The number of aliphatic hydroxyl groups is 1. The molecule has 1 heterocycles. The summed E-state index contributed by atoms with van der Waals surface area (Å²) in [7, 11) is 0. The molecule has 1 amide bonds. The molecule has 2 aromatic carbocycles. The van der Waals surface area contributed by atoms with Gasteiger partial charge < -0.3 is 14.7 Å². The maximum atomic E-state index is 15.0. The van der Waals surface area contributed by atoms with Gasteiger partial charge in [-0.2, -0.15) is 26.3 Å². The van der Waals surface area contributed by atoms with Crippen LogP contribution in [0.25, 0.3) is 0 Å². The first-order valence-corrected chi connectivity index (χ1v) is 11.7. The molecule has 1 saturated heterocycles. The van der Waals surface area contributed by atoms with Crippen molar-refractivity contribution in [3.05, 3.63) is 65.2 Å². The van der Waals surface area contributed by atoms with Gasteiger partial charge in [-0.25, -0.2) is 13.6 Å². The first-order chi connectivity index (χ1) is 16.8. The van der Waals surface area contributed by atoms with E-state index in [1.165, 1.54) is 17.0 Å². The van der Waals surface area contributed by atoms with Crippen LogP contribution in [0.5, 0.6) is 0 Å². The average Bonchev–Trinajstić information content (AvgIpc) is 3.17. The van der Waals surface area contributed by atoms with E-state index in [4.69, 9.17) is 4.74 Å². The van der Waals surface area contributed by atoms with Gasteiger partial charge in [-0.1, -0.05) is 12.1 Å². The van der Waals surface area contributed by atoms with Crippen molar-refractivity contribution in [2.45, 2.75) is 60.4 Å². The summed E-state index contributed by atoms with van der Waals surface area (Å²) >= 11 is 1.04. The third-order valence-electron chi connectivity index (χ3n) is 5.72. The molecule has 1 N–H and O–H groups in total. The van der Waals surface area contributed by atoms with Crippen molar-refractivity contribution < 1.29 is 49.8 Å². The molecule has 0 spiro atoms. The van der Waals surface area contributed by atoms with Gasteiger partial charge in [-0.3, -0.25) is 0 Å². The minimum Gasteiger partial charge on any atom is -0.444 e. The lowest BCUT2D eigenvalue weighted by atomic mass is 9.88. The first-order valence-electron chi connectivity index (χ1n) is 10.9. The number of carbonyl (C=O) groups excluding carboxylic acids is 1. The zero-order valence-corrected chi connectivity index (χ0v) is 20.6. The van der Waals surface area contributed by atoms with Gasteiger partial charge in [0.05, 0.1) is 4.75 Å². The second-order valence-electron chi connectivity index (χ2n) is 9.60. The minimum atomic E-state index is -6.25. The maximum absolute atomic E-state index is 15.0. The third kappa shape index (κ3) is 5.82. The highest BCUT2D eigenvalue weighted by Crippen LogP contribution is 2.53. The Kier molecular flexibility index (Phi) is 7.57. The lowest BCUT2D eigenvalue weighted by Gasteiger charge is -2.34. The zero-order chi connectivity index (χ0) is 28.0. The molecule has 0 bridgehead atoms. The normalized spacial score (nSPS) is 19.3. The molecule has 1 aliphatic heterocycles. The van der Waals surface area contributed by atoms with Crippen molar-refractivity contribution in [3.8, 4) is 0 Å². The minimum absolute atomic E-state index is 0.0270. The Morgan fingerprint density at radius 1 is 0.973 bits per heavy atom. The summed E-state index contributed by atoms with van der Waals surface area (Å²) in [4.78, 5) is 14.4. The van der Waals surface area contributed by atoms with Crippen LogP contribution in [0.1, 0.15) is 38.3 Å². The summed E-state index contributed by atoms with van der Waals surface area (Å²) in [5.41, 5.74) is -8.31. The molecule has 1 atom stereocenters. The van der Waals surface area contributed by atoms with Crippen LogP contribution in [0.3, 0.4) is 0 Å². The molecule has 4 nitrogen and oxygen atoms in total. The second kappa shape index (κ2) is 9.64. The summed E-state index contributed by atoms with van der Waals surface area (Å²) in [6.07, 6.45) is -13.1. The SMILES string of the molecule is CC(C)(C)OC(=O)N1CC[C@@](Sc2ccc(F)cc2)(c2ccc(C(O)(C(F)(F)F)C(F)(F)F)c(F)c2)C1. The standard InChI is InChI=1S/C24H23F8NO3S/c1-20(2,3)36-19(34)33-11-10-21(13-33,37-16-7-5-15(25)6-8-16)14-4-9-17(18(26)12-14)22(35,23(27,28)29)24(30,31)32/h4-9,12,35H,10-11,13H2,1-3H3/t21-/m0/s1. The van der Waals surface area contributed by atoms with Crippen LogP contribution >= 0.6 is 11.8 Å². The van der Waals surface area contributed by atoms with Crippen molar-refractivity contribution >= 4 is 17.9 Å². The van der Waals surface area contributed by atoms with Crippen molar-refractivity contribution in [2.75, 3.05) is 13.1 Å². The smallest absolute Gasteiger partial charge is 0.430 e. The highest BCUT2D eigenvalue weighted by Gasteiger charge is 2.72. The van der Waals surface area contributed by atoms with E-state index in [0.29, 0.717) is 11.0 Å². The fourth-order valence-corrected chi connectivity index (χ4v) is 5.31. The van der Waals surface area contributed by atoms with Crippen LogP contribution in [0, 0.1) is 11.6 Å². The molecule has 1 aliphatic rings. The van der Waals surface area contributed by atoms with E-state index in [1.54, 1.807) is 20.8 Å². The number of nitrogens with zero attached hydrogens (tertiary/aromatic N) is 1. The number of likely N-dealkylation sites (tertiary alicyclic amines) is 1. The fraction of sp³-hybridized carbons (Fsp3) is 0.458. The quantitative estimate of drug-likeness (QED) is 0.416. The van der Waals surface area contributed by atoms with Crippen LogP contribution in [0.15, 0.2) is 47.4 Å². The van der Waals surface area contributed by atoms with Crippen molar-refractivity contribution in [3.63, 3.8) is 0 Å². The van der Waals surface area contributed by atoms with E-state index in [0.717, 1.165) is 30.0 Å². The molecule has 37 heavy (non-hydrogen) atoms. The van der Waals surface area contributed by atoms with E-state index in [-0.39, 0.29) is 31.1 Å². The molecular formula is C24H23F8NO3S. The Morgan fingerprint density at radius 3 is 2.03 bits per heavy atom. The molecule has 0 radical (unpaired) electrons. The summed E-state index contributed by atoms with van der Waals surface area (Å²) in [5, 5.41) is 9.64. The van der Waals surface area contributed by atoms with Gasteiger partial charge in [0.15, 0.2) is 0 Å². The molecule has 0 unspecified atom stereocenters. The van der Waals surface area contributed by atoms with Crippen molar-refractivity contribution in [1.29, 1.82) is 0 Å². The van der Waals surface area contributed by atoms with Crippen LogP contribution < -0.4 is 0 Å². The number of benzene rings is 2. The largest absolute Gasteiger partial charge is 0.444 e. The molecule has 1 fully saturated rings. The van der Waals surface area contributed by atoms with Gasteiger partial charge in [-0.15, -0.1) is 11.8 Å². The van der Waals surface area contributed by atoms with E-state index >= 15 is 0 Å². The molecule has 204 valence electrons. The Bertz CT molecular complexity index is 1130. The number of ether oxygens (including phenoxy) is 1. The monoisotopic (exact) mass is 557 g/mol. The molecule has 3 rings (SSSR count). The van der Waals surface area contributed by atoms with Crippen LogP contribution in [0.4, 0.5) is 39.9 Å². The van der Waals surface area contributed by atoms with Gasteiger partial charge in [0.25, 0.3) is 5.60 Å². The molecule has 0 aliphatic carbocycles. The number of alkyl halides is 6. The van der Waals surface area contributed by atoms with Crippen molar-refractivity contribution in [2.24, 2.45) is 0 Å². The predicted octanol–water partition coefficient (Wildman–Crippen LogP) is 6.91. The highest BCUT2D eigenvalue weighted by molar-refractivity contribution is 8.00.